The third-order valence-corrected chi connectivity index (χ3v) is 7.14. The molecule has 9 heteroatoms. The predicted octanol–water partition coefficient (Wildman–Crippen LogP) is 5.78. The summed E-state index contributed by atoms with van der Waals surface area (Å²) in [5.74, 6) is 0.852. The number of Topliss-reactive ketones (excluding diaryl/α,β-unsaturated/α-hetero) is 1. The zero-order chi connectivity index (χ0) is 32.6. The molecule has 1 aliphatic heterocycles. The van der Waals surface area contributed by atoms with Crippen LogP contribution in [-0.2, 0) is 30.5 Å². The number of aryl methyl sites for hydroxylation is 1. The minimum absolute atomic E-state index is 0.0469. The Hall–Kier alpha value is -5.18. The molecule has 3 aromatic carbocycles. The van der Waals surface area contributed by atoms with Crippen LogP contribution in [0.4, 0.5) is 5.69 Å². The third-order valence-electron chi connectivity index (χ3n) is 7.14. The number of aromatic hydroxyl groups is 1. The second kappa shape index (κ2) is 17.7. The van der Waals surface area contributed by atoms with Crippen molar-refractivity contribution in [2.45, 2.75) is 45.6 Å². The Morgan fingerprint density at radius 1 is 0.977 bits per heavy atom. The van der Waals surface area contributed by atoms with E-state index in [1.807, 2.05) is 95.1 Å². The van der Waals surface area contributed by atoms with Gasteiger partial charge in [-0.15, -0.1) is 0 Å². The molecule has 0 amide bonds. The van der Waals surface area contributed by atoms with Gasteiger partial charge < -0.3 is 34.8 Å². The molecule has 0 unspecified atom stereocenters. The molecule has 1 atom stereocenters. The number of para-hydroxylation sites is 1. The Kier molecular flexibility index (Phi) is 14.1. The first-order valence-corrected chi connectivity index (χ1v) is 13.9. The van der Waals surface area contributed by atoms with Crippen LogP contribution in [0.3, 0.4) is 0 Å². The van der Waals surface area contributed by atoms with Gasteiger partial charge >= 0.3 is 5.97 Å². The van der Waals surface area contributed by atoms with E-state index >= 15 is 0 Å². The lowest BCUT2D eigenvalue weighted by molar-refractivity contribution is -0.140. The monoisotopic (exact) mass is 600 g/mol. The van der Waals surface area contributed by atoms with Crippen molar-refractivity contribution in [1.29, 1.82) is 0 Å². The lowest BCUT2D eigenvalue weighted by Gasteiger charge is -2.32. The minimum atomic E-state index is -0.393. The number of rotatable bonds is 6. The standard InChI is InChI=1S/C26H28N2O4.C7H8O.2CH2O/c1-16-21(26(30)32-15-17-7-6-8-19(11-17)27-2)14-22-23(28-16)12-18(13-24(22)29)20-9-4-5-10-25(20)31-3;1-6-3-2-4-7(8)5-6;2*1-2/h4-11,18,27-28H,12-15H2,1-3H3;2-5,8H,1H3;2*1H2/t18-;;;/m1.../s1. The van der Waals surface area contributed by atoms with E-state index in [1.54, 1.807) is 19.2 Å². The Morgan fingerprint density at radius 3 is 2.32 bits per heavy atom. The molecule has 3 N–H and O–H groups in total. The van der Waals surface area contributed by atoms with Crippen LogP contribution >= 0.6 is 0 Å². The van der Waals surface area contributed by atoms with Crippen molar-refractivity contribution in [3.63, 3.8) is 0 Å². The van der Waals surface area contributed by atoms with Crippen molar-refractivity contribution >= 4 is 31.0 Å². The van der Waals surface area contributed by atoms with Gasteiger partial charge in [0.05, 0.1) is 12.7 Å². The number of dihydropyridines is 1. The smallest absolute Gasteiger partial charge is 0.336 e. The molecule has 44 heavy (non-hydrogen) atoms. The number of carbonyl (C=O) groups excluding carboxylic acids is 4. The zero-order valence-corrected chi connectivity index (χ0v) is 25.6. The average molecular weight is 601 g/mol. The molecule has 0 saturated carbocycles. The molecule has 0 aromatic heterocycles. The summed E-state index contributed by atoms with van der Waals surface area (Å²) in [6, 6.07) is 22.7. The van der Waals surface area contributed by atoms with Gasteiger partial charge in [-0.3, -0.25) is 4.79 Å². The van der Waals surface area contributed by atoms with E-state index in [-0.39, 0.29) is 18.3 Å². The van der Waals surface area contributed by atoms with Gasteiger partial charge in [-0.2, -0.15) is 0 Å². The third kappa shape index (κ3) is 9.42. The van der Waals surface area contributed by atoms with Gasteiger partial charge in [0.25, 0.3) is 0 Å². The fourth-order valence-electron chi connectivity index (χ4n) is 5.03. The molecular formula is C35H40N2O7. The van der Waals surface area contributed by atoms with E-state index < -0.39 is 5.97 Å². The SMILES string of the molecule is C=O.C=O.CNc1cccc(COC(=O)C2=C(C)NC3=C(C2)C(=O)C[C@H](c2ccccc2OC)C3)c1.Cc1cccc(O)c1. The number of hydrogen-bond donors (Lipinski definition) is 3. The number of phenolic OH excluding ortho intramolecular Hbond substituents is 1. The van der Waals surface area contributed by atoms with Crippen LogP contribution in [0.5, 0.6) is 11.5 Å². The van der Waals surface area contributed by atoms with Crippen LogP contribution in [-0.4, -0.2) is 44.6 Å². The maximum Gasteiger partial charge on any atom is 0.336 e. The fourth-order valence-corrected chi connectivity index (χ4v) is 5.03. The molecular weight excluding hydrogens is 560 g/mol. The van der Waals surface area contributed by atoms with Crippen LogP contribution in [0.15, 0.2) is 95.3 Å². The van der Waals surface area contributed by atoms with E-state index in [2.05, 4.69) is 10.6 Å². The minimum Gasteiger partial charge on any atom is -0.508 e. The number of anilines is 1. The van der Waals surface area contributed by atoms with Crippen LogP contribution in [0.1, 0.15) is 48.8 Å². The number of allylic oxidation sites excluding steroid dienone is 3. The van der Waals surface area contributed by atoms with Gasteiger partial charge in [0.15, 0.2) is 5.78 Å². The number of hydrogen-bond acceptors (Lipinski definition) is 9. The quantitative estimate of drug-likeness (QED) is 0.301. The van der Waals surface area contributed by atoms with Gasteiger partial charge in [0, 0.05) is 48.5 Å². The molecule has 232 valence electrons. The van der Waals surface area contributed by atoms with Crippen molar-refractivity contribution in [2.24, 2.45) is 0 Å². The van der Waals surface area contributed by atoms with Crippen molar-refractivity contribution in [3.8, 4) is 11.5 Å². The highest BCUT2D eigenvalue weighted by Crippen LogP contribution is 2.41. The summed E-state index contributed by atoms with van der Waals surface area (Å²) >= 11 is 0. The number of esters is 1. The Balaban J connectivity index is 0.000000478. The van der Waals surface area contributed by atoms with Crippen molar-refractivity contribution in [2.75, 3.05) is 19.5 Å². The van der Waals surface area contributed by atoms with Crippen molar-refractivity contribution < 1.29 is 33.8 Å². The van der Waals surface area contributed by atoms with Crippen LogP contribution in [0.2, 0.25) is 0 Å². The van der Waals surface area contributed by atoms with E-state index in [0.717, 1.165) is 39.5 Å². The predicted molar refractivity (Wildman–Crippen MR) is 170 cm³/mol. The number of benzene rings is 3. The number of methoxy groups -OCH3 is 1. The number of phenols is 1. The van der Waals surface area contributed by atoms with Crippen LogP contribution in [0.25, 0.3) is 0 Å². The van der Waals surface area contributed by atoms with E-state index in [1.165, 1.54) is 0 Å². The highest BCUT2D eigenvalue weighted by molar-refractivity contribution is 6.01. The number of ketones is 1. The molecule has 0 saturated heterocycles. The molecule has 0 fully saturated rings. The molecule has 1 aliphatic carbocycles. The largest absolute Gasteiger partial charge is 0.508 e. The van der Waals surface area contributed by atoms with Crippen LogP contribution in [0, 0.1) is 6.92 Å². The highest BCUT2D eigenvalue weighted by Gasteiger charge is 2.34. The first kappa shape index (κ1) is 35.0. The molecule has 1 heterocycles. The second-order valence-corrected chi connectivity index (χ2v) is 10.00. The Labute approximate surface area is 258 Å². The molecule has 9 nitrogen and oxygen atoms in total. The maximum absolute atomic E-state index is 13.0. The van der Waals surface area contributed by atoms with E-state index in [0.29, 0.717) is 36.2 Å². The van der Waals surface area contributed by atoms with Gasteiger partial charge in [0.2, 0.25) is 0 Å². The van der Waals surface area contributed by atoms with Gasteiger partial charge in [-0.25, -0.2) is 4.79 Å². The summed E-state index contributed by atoms with van der Waals surface area (Å²) in [6.45, 7) is 7.99. The summed E-state index contributed by atoms with van der Waals surface area (Å²) in [4.78, 5) is 41.8. The van der Waals surface area contributed by atoms with Gasteiger partial charge in [0.1, 0.15) is 31.7 Å². The summed E-state index contributed by atoms with van der Waals surface area (Å²) in [7, 11) is 3.49. The number of carbonyl (C=O) groups is 4. The van der Waals surface area contributed by atoms with Crippen molar-refractivity contribution in [3.05, 3.63) is 112 Å². The topological polar surface area (TPSA) is 131 Å². The molecule has 0 bridgehead atoms. The normalized spacial score (nSPS) is 15.0. The lowest BCUT2D eigenvalue weighted by Crippen LogP contribution is -2.31. The molecule has 0 spiro atoms. The maximum atomic E-state index is 13.0. The summed E-state index contributed by atoms with van der Waals surface area (Å²) < 4.78 is 11.1. The molecule has 2 aliphatic rings. The average Bonchev–Trinajstić information content (AvgIpc) is 3.05. The first-order valence-electron chi connectivity index (χ1n) is 13.9. The second-order valence-electron chi connectivity index (χ2n) is 10.00. The molecule has 3 aromatic rings. The summed E-state index contributed by atoms with van der Waals surface area (Å²) in [5, 5.41) is 15.2. The Bertz CT molecular complexity index is 1480. The van der Waals surface area contributed by atoms with Crippen molar-refractivity contribution in [1.82, 2.24) is 5.32 Å². The van der Waals surface area contributed by atoms with Gasteiger partial charge in [-0.1, -0.05) is 42.5 Å². The van der Waals surface area contributed by atoms with Crippen LogP contribution < -0.4 is 15.4 Å². The number of ether oxygens (including phenoxy) is 2. The van der Waals surface area contributed by atoms with E-state index in [4.69, 9.17) is 24.2 Å². The summed E-state index contributed by atoms with van der Waals surface area (Å²) in [6.07, 6.45) is 1.41. The zero-order valence-electron chi connectivity index (χ0n) is 25.6. The Morgan fingerprint density at radius 2 is 1.68 bits per heavy atom. The summed E-state index contributed by atoms with van der Waals surface area (Å²) in [5.41, 5.74) is 6.82. The first-order chi connectivity index (χ1) is 21.3. The number of nitrogens with one attached hydrogen (secondary N) is 2. The van der Waals surface area contributed by atoms with Gasteiger partial charge in [-0.05, 0) is 67.3 Å². The fraction of sp³-hybridized carbons (Fsp3) is 0.257. The molecule has 5 rings (SSSR count). The highest BCUT2D eigenvalue weighted by atomic mass is 16.5. The lowest BCUT2D eigenvalue weighted by atomic mass is 9.78. The molecule has 0 radical (unpaired) electrons. The van der Waals surface area contributed by atoms with E-state index in [9.17, 15) is 9.59 Å².